The third-order valence-electron chi connectivity index (χ3n) is 2.09. The topological polar surface area (TPSA) is 75.4 Å². The summed E-state index contributed by atoms with van der Waals surface area (Å²) >= 11 is 0. The van der Waals surface area contributed by atoms with E-state index in [1.54, 1.807) is 6.92 Å². The predicted molar refractivity (Wildman–Crippen MR) is 54.8 cm³/mol. The van der Waals surface area contributed by atoms with Gasteiger partial charge in [0.2, 0.25) is 10.0 Å². The molecular formula is C8H15N3O3S. The first-order valence-corrected chi connectivity index (χ1v) is 6.06. The zero-order valence-corrected chi connectivity index (χ0v) is 9.61. The molecule has 1 aromatic rings. The second-order valence-electron chi connectivity index (χ2n) is 3.08. The van der Waals surface area contributed by atoms with Gasteiger partial charge in [0.15, 0.2) is 0 Å². The second kappa shape index (κ2) is 4.73. The maximum absolute atomic E-state index is 11.8. The quantitative estimate of drug-likeness (QED) is 0.745. The van der Waals surface area contributed by atoms with Gasteiger partial charge in [-0.1, -0.05) is 6.92 Å². The first-order chi connectivity index (χ1) is 7.02. The Kier molecular flexibility index (Phi) is 3.83. The second-order valence-corrected chi connectivity index (χ2v) is 5.13. The van der Waals surface area contributed by atoms with Gasteiger partial charge >= 0.3 is 0 Å². The number of rotatable bonds is 5. The van der Waals surface area contributed by atoms with Crippen LogP contribution in [-0.4, -0.2) is 47.8 Å². The summed E-state index contributed by atoms with van der Waals surface area (Å²) in [4.78, 5) is 0.153. The first-order valence-electron chi connectivity index (χ1n) is 4.62. The van der Waals surface area contributed by atoms with E-state index in [0.717, 1.165) is 0 Å². The molecule has 0 spiro atoms. The molecule has 0 fully saturated rings. The van der Waals surface area contributed by atoms with Crippen LogP contribution >= 0.6 is 0 Å². The van der Waals surface area contributed by atoms with Gasteiger partial charge in [0, 0.05) is 19.8 Å². The fourth-order valence-electron chi connectivity index (χ4n) is 1.05. The molecule has 0 atom stereocenters. The van der Waals surface area contributed by atoms with E-state index >= 15 is 0 Å². The van der Waals surface area contributed by atoms with E-state index in [1.807, 2.05) is 0 Å². The predicted octanol–water partition coefficient (Wildman–Crippen LogP) is -0.484. The number of aromatic nitrogens is 2. The third kappa shape index (κ3) is 2.55. The number of nitrogens with zero attached hydrogens (tertiary/aromatic N) is 3. The zero-order valence-electron chi connectivity index (χ0n) is 8.79. The summed E-state index contributed by atoms with van der Waals surface area (Å²) < 4.78 is 26.2. The van der Waals surface area contributed by atoms with Crippen molar-refractivity contribution < 1.29 is 13.5 Å². The number of aliphatic hydroxyl groups excluding tert-OH is 1. The fraction of sp³-hybridized carbons (Fsp3) is 0.625. The highest BCUT2D eigenvalue weighted by molar-refractivity contribution is 7.89. The highest BCUT2D eigenvalue weighted by atomic mass is 32.2. The van der Waals surface area contributed by atoms with Crippen molar-refractivity contribution in [3.05, 3.63) is 12.4 Å². The molecule has 15 heavy (non-hydrogen) atoms. The van der Waals surface area contributed by atoms with E-state index in [1.165, 1.54) is 28.4 Å². The molecule has 1 N–H and O–H groups in total. The van der Waals surface area contributed by atoms with Crippen LogP contribution in [0.4, 0.5) is 0 Å². The third-order valence-corrected chi connectivity index (χ3v) is 3.98. The van der Waals surface area contributed by atoms with Gasteiger partial charge in [0.1, 0.15) is 4.90 Å². The number of hydrogen-bond acceptors (Lipinski definition) is 4. The van der Waals surface area contributed by atoms with Gasteiger partial charge in [-0.3, -0.25) is 4.68 Å². The zero-order chi connectivity index (χ0) is 11.5. The Hall–Kier alpha value is -0.920. The largest absolute Gasteiger partial charge is 0.394 e. The van der Waals surface area contributed by atoms with Crippen LogP contribution in [0.25, 0.3) is 0 Å². The van der Waals surface area contributed by atoms with Crippen LogP contribution in [0.15, 0.2) is 17.3 Å². The molecule has 1 heterocycles. The fourth-order valence-corrected chi connectivity index (χ4v) is 2.19. The van der Waals surface area contributed by atoms with Crippen LogP contribution in [0.1, 0.15) is 6.92 Å². The Bertz CT molecular complexity index is 413. The summed E-state index contributed by atoms with van der Waals surface area (Å²) in [6.07, 6.45) is 2.70. The molecule has 6 nitrogen and oxygen atoms in total. The van der Waals surface area contributed by atoms with Crippen LogP contribution in [0.2, 0.25) is 0 Å². The maximum atomic E-state index is 11.8. The van der Waals surface area contributed by atoms with Crippen LogP contribution in [0, 0.1) is 0 Å². The molecule has 0 aliphatic heterocycles. The maximum Gasteiger partial charge on any atom is 0.245 e. The molecule has 0 amide bonds. The molecular weight excluding hydrogens is 218 g/mol. The van der Waals surface area contributed by atoms with Crippen LogP contribution in [0.3, 0.4) is 0 Å². The summed E-state index contributed by atoms with van der Waals surface area (Å²) in [5.41, 5.74) is 0. The molecule has 0 aromatic carbocycles. The van der Waals surface area contributed by atoms with Crippen molar-refractivity contribution in [2.24, 2.45) is 0 Å². The van der Waals surface area contributed by atoms with Crippen LogP contribution in [0.5, 0.6) is 0 Å². The van der Waals surface area contributed by atoms with Crippen molar-refractivity contribution in [2.75, 3.05) is 20.2 Å². The van der Waals surface area contributed by atoms with Crippen molar-refractivity contribution in [3.63, 3.8) is 0 Å². The minimum Gasteiger partial charge on any atom is -0.394 e. The van der Waals surface area contributed by atoms with Gasteiger partial charge in [0.25, 0.3) is 0 Å². The molecule has 7 heteroatoms. The normalized spacial score (nSPS) is 12.3. The van der Waals surface area contributed by atoms with Crippen molar-refractivity contribution in [2.45, 2.75) is 18.4 Å². The van der Waals surface area contributed by atoms with Crippen molar-refractivity contribution in [1.82, 2.24) is 14.1 Å². The van der Waals surface area contributed by atoms with Gasteiger partial charge in [-0.25, -0.2) is 12.7 Å². The van der Waals surface area contributed by atoms with Crippen LogP contribution in [-0.2, 0) is 16.6 Å². The van der Waals surface area contributed by atoms with Gasteiger partial charge in [-0.15, -0.1) is 0 Å². The standard InChI is InChI=1S/C8H15N3O3S/c1-3-10(2)15(13,14)8-6-9-11(7-8)4-5-12/h6-7,12H,3-5H2,1-2H3. The lowest BCUT2D eigenvalue weighted by atomic mass is 10.7. The SMILES string of the molecule is CCN(C)S(=O)(=O)c1cnn(CCO)c1. The summed E-state index contributed by atoms with van der Waals surface area (Å²) in [5.74, 6) is 0. The molecule has 0 radical (unpaired) electrons. The van der Waals surface area contributed by atoms with E-state index in [2.05, 4.69) is 5.10 Å². The minimum atomic E-state index is -3.42. The number of sulfonamides is 1. The lowest BCUT2D eigenvalue weighted by Gasteiger charge is -2.12. The lowest BCUT2D eigenvalue weighted by Crippen LogP contribution is -2.26. The van der Waals surface area contributed by atoms with E-state index < -0.39 is 10.0 Å². The van der Waals surface area contributed by atoms with Crippen molar-refractivity contribution in [3.8, 4) is 0 Å². The van der Waals surface area contributed by atoms with Crippen LogP contribution < -0.4 is 0 Å². The van der Waals surface area contributed by atoms with Gasteiger partial charge in [0.05, 0.1) is 19.3 Å². The molecule has 86 valence electrons. The molecule has 0 aliphatic carbocycles. The Morgan fingerprint density at radius 2 is 2.27 bits per heavy atom. The minimum absolute atomic E-state index is 0.0647. The summed E-state index contributed by atoms with van der Waals surface area (Å²) in [7, 11) is -1.91. The van der Waals surface area contributed by atoms with Crippen molar-refractivity contribution >= 4 is 10.0 Å². The lowest BCUT2D eigenvalue weighted by molar-refractivity contribution is 0.269. The van der Waals surface area contributed by atoms with E-state index in [9.17, 15) is 8.42 Å². The van der Waals surface area contributed by atoms with Gasteiger partial charge in [-0.2, -0.15) is 5.10 Å². The highest BCUT2D eigenvalue weighted by Gasteiger charge is 2.20. The average molecular weight is 233 g/mol. The Morgan fingerprint density at radius 1 is 1.60 bits per heavy atom. The molecule has 0 saturated heterocycles. The number of aliphatic hydroxyl groups is 1. The summed E-state index contributed by atoms with van der Waals surface area (Å²) in [5, 5.41) is 12.5. The average Bonchev–Trinajstić information content (AvgIpc) is 2.66. The summed E-state index contributed by atoms with van der Waals surface area (Å²) in [6, 6.07) is 0. The highest BCUT2D eigenvalue weighted by Crippen LogP contribution is 2.12. The van der Waals surface area contributed by atoms with E-state index in [-0.39, 0.29) is 11.5 Å². The van der Waals surface area contributed by atoms with Gasteiger partial charge < -0.3 is 5.11 Å². The Balaban J connectivity index is 2.96. The number of hydrogen-bond donors (Lipinski definition) is 1. The Labute approximate surface area is 89.2 Å². The summed E-state index contributed by atoms with van der Waals surface area (Å²) in [6.45, 7) is 2.40. The van der Waals surface area contributed by atoms with Gasteiger partial charge in [-0.05, 0) is 0 Å². The van der Waals surface area contributed by atoms with Crippen molar-refractivity contribution in [1.29, 1.82) is 0 Å². The molecule has 0 aliphatic rings. The van der Waals surface area contributed by atoms with E-state index in [4.69, 9.17) is 5.11 Å². The molecule has 1 aromatic heterocycles. The molecule has 0 unspecified atom stereocenters. The smallest absolute Gasteiger partial charge is 0.245 e. The molecule has 1 rings (SSSR count). The molecule has 0 saturated carbocycles. The molecule has 0 bridgehead atoms. The first kappa shape index (κ1) is 12.2. The van der Waals surface area contributed by atoms with E-state index in [0.29, 0.717) is 13.1 Å². The Morgan fingerprint density at radius 3 is 2.80 bits per heavy atom. The monoisotopic (exact) mass is 233 g/mol.